The van der Waals surface area contributed by atoms with Crippen LogP contribution in [0.15, 0.2) is 0 Å². The summed E-state index contributed by atoms with van der Waals surface area (Å²) in [5.74, 6) is 0. The molecule has 3 aliphatic heterocycles. The summed E-state index contributed by atoms with van der Waals surface area (Å²) in [6.07, 6.45) is 2.23. The predicted octanol–water partition coefficient (Wildman–Crippen LogP) is -5.38. The molecule has 51 heavy (non-hydrogen) atoms. The Hall–Kier alpha value is -2.02. The molecule has 0 unspecified atom stereocenters. The van der Waals surface area contributed by atoms with Crippen molar-refractivity contribution >= 4 is 12.2 Å². The summed E-state index contributed by atoms with van der Waals surface area (Å²) in [5.41, 5.74) is 0. The molecule has 20 nitrogen and oxygen atoms in total. The maximum absolute atomic E-state index is 10.6. The molecule has 3 saturated heterocycles. The smallest absolute Gasteiger partial charge is 0.410 e. The summed E-state index contributed by atoms with van der Waals surface area (Å²) in [4.78, 5) is 30.6. The second-order valence-corrected chi connectivity index (χ2v) is 11.1. The van der Waals surface area contributed by atoms with Crippen molar-refractivity contribution < 1.29 is 70.5 Å². The third-order valence-electron chi connectivity index (χ3n) is 7.27. The molecule has 0 aromatic heterocycles. The van der Waals surface area contributed by atoms with Crippen LogP contribution in [0.4, 0.5) is 9.59 Å². The maximum atomic E-state index is 10.6. The summed E-state index contributed by atoms with van der Waals surface area (Å²) in [6, 6.07) is 0. The highest BCUT2D eigenvalue weighted by molar-refractivity contribution is 5.69. The number of piperazine rings is 1. The van der Waals surface area contributed by atoms with E-state index in [2.05, 4.69) is 24.6 Å². The van der Waals surface area contributed by atoms with Crippen LogP contribution in [0.3, 0.4) is 0 Å². The number of nitrogens with zero attached hydrogens (tertiary/aromatic N) is 5. The summed E-state index contributed by atoms with van der Waals surface area (Å²) >= 11 is 0. The normalized spacial score (nSPS) is 15.6. The highest BCUT2D eigenvalue weighted by Gasteiger charge is 2.21. The van der Waals surface area contributed by atoms with Crippen molar-refractivity contribution in [1.82, 2.24) is 29.8 Å². The van der Waals surface area contributed by atoms with Crippen LogP contribution < -0.4 is 5.32 Å². The Labute approximate surface area is 302 Å². The fourth-order valence-electron chi connectivity index (χ4n) is 4.54. The minimum atomic E-state index is -0.316. The van der Waals surface area contributed by atoms with Crippen LogP contribution in [0.2, 0.25) is 0 Å². The zero-order chi connectivity index (χ0) is 37.7. The van der Waals surface area contributed by atoms with Gasteiger partial charge in [0.25, 0.3) is 0 Å². The number of β-amino-alcohol motifs (C(OH)–C–C–N with tert-alkyl or cyclic N) is 4. The van der Waals surface area contributed by atoms with Gasteiger partial charge in [-0.1, -0.05) is 0 Å². The van der Waals surface area contributed by atoms with Crippen LogP contribution in [0.5, 0.6) is 0 Å². The van der Waals surface area contributed by atoms with Crippen molar-refractivity contribution in [3.8, 4) is 0 Å². The van der Waals surface area contributed by atoms with Gasteiger partial charge in [-0.2, -0.15) is 0 Å². The number of carbonyl (C=O) groups is 2. The molecule has 2 amide bonds. The van der Waals surface area contributed by atoms with E-state index in [1.807, 2.05) is 4.90 Å². The first kappa shape index (κ1) is 53.3. The van der Waals surface area contributed by atoms with Gasteiger partial charge in [-0.05, 0) is 25.8 Å². The van der Waals surface area contributed by atoms with E-state index in [4.69, 9.17) is 46.0 Å². The van der Waals surface area contributed by atoms with Crippen LogP contribution >= 0.6 is 0 Å². The molecule has 308 valence electrons. The van der Waals surface area contributed by atoms with Gasteiger partial charge in [0.15, 0.2) is 0 Å². The van der Waals surface area contributed by atoms with Gasteiger partial charge in [-0.3, -0.25) is 14.7 Å². The van der Waals surface area contributed by atoms with E-state index in [1.165, 1.54) is 9.80 Å². The van der Waals surface area contributed by atoms with E-state index in [9.17, 15) is 9.59 Å². The molecule has 0 aromatic carbocycles. The lowest BCUT2D eigenvalue weighted by atomic mass is 10.2. The van der Waals surface area contributed by atoms with Crippen molar-refractivity contribution in [3.05, 3.63) is 0 Å². The van der Waals surface area contributed by atoms with Gasteiger partial charge in [0.2, 0.25) is 0 Å². The van der Waals surface area contributed by atoms with Gasteiger partial charge in [0, 0.05) is 85.1 Å². The molecule has 0 saturated carbocycles. The lowest BCUT2D eigenvalue weighted by Gasteiger charge is -2.33. The number of aliphatic hydroxyl groups excluding tert-OH is 9. The van der Waals surface area contributed by atoms with Crippen molar-refractivity contribution in [2.24, 2.45) is 0 Å². The zero-order valence-corrected chi connectivity index (χ0v) is 30.4. The van der Waals surface area contributed by atoms with Gasteiger partial charge in [0.1, 0.15) is 13.2 Å². The molecule has 0 aliphatic carbocycles. The zero-order valence-electron chi connectivity index (χ0n) is 30.4. The number of unbranched alkanes of at least 4 members (excludes halogenated alkanes) is 2. The Bertz CT molecular complexity index is 693. The monoisotopic (exact) mass is 750 g/mol. The molecule has 0 bridgehead atoms. The van der Waals surface area contributed by atoms with E-state index in [0.717, 1.165) is 65.1 Å². The highest BCUT2D eigenvalue weighted by atomic mass is 16.6. The van der Waals surface area contributed by atoms with Crippen LogP contribution in [0, 0.1) is 0 Å². The van der Waals surface area contributed by atoms with E-state index in [-0.39, 0.29) is 77.1 Å². The number of nitrogens with one attached hydrogen (secondary N) is 1. The first-order chi connectivity index (χ1) is 24.3. The molecule has 0 aromatic rings. The largest absolute Gasteiger partial charge is 0.448 e. The molecule has 20 heteroatoms. The van der Waals surface area contributed by atoms with E-state index in [1.54, 1.807) is 0 Å². The molecule has 0 spiro atoms. The Balaban J connectivity index is -0.000000570. The first-order valence-corrected chi connectivity index (χ1v) is 17.5. The second kappa shape index (κ2) is 40.7. The highest BCUT2D eigenvalue weighted by Crippen LogP contribution is 2.02. The number of cyclic esters (lactones) is 2. The van der Waals surface area contributed by atoms with Crippen LogP contribution in [-0.2, 0) is 9.47 Å². The SMILES string of the molecule is O.O=C1OCCN1CCO.O=C1OCCN1CCO.OCCCCCN(CCO)CCO.OCCN1CCN(CCO)CC1.OCCNCCO. The Kier molecular flexibility index (Phi) is 42.6. The molecule has 0 radical (unpaired) electrons. The average molecular weight is 751 g/mol. The third kappa shape index (κ3) is 32.4. The number of ether oxygens (including phenoxy) is 2. The minimum absolute atomic E-state index is 0. The fraction of sp³-hybridized carbons (Fsp3) is 0.935. The minimum Gasteiger partial charge on any atom is -0.448 e. The van der Waals surface area contributed by atoms with Gasteiger partial charge >= 0.3 is 12.2 Å². The average Bonchev–Trinajstić information content (AvgIpc) is 3.72. The van der Waals surface area contributed by atoms with Crippen LogP contribution in [0.1, 0.15) is 19.3 Å². The standard InChI is InChI=1S/C9H21NO3.C8H18N2O2.2C5H9NO3.C4H11NO2.H2O/c11-7-3-1-2-4-10(5-8-12)6-9-13;11-7-5-9-1-2-10(4-3-9)6-8-12;2*7-3-1-6-2-4-9-5(6)8;6-3-1-5-2-4-7;/h11-13H,1-9H2;11-12H,1-8H2;2*7H,1-4H2;5-7H,1-4H2;1H2. The molecule has 12 N–H and O–H groups in total. The number of rotatable bonds is 21. The maximum Gasteiger partial charge on any atom is 0.410 e. The van der Waals surface area contributed by atoms with Gasteiger partial charge in [0.05, 0.1) is 65.9 Å². The number of hydrogen-bond acceptors (Lipinski definition) is 17. The van der Waals surface area contributed by atoms with Gasteiger partial charge in [-0.25, -0.2) is 9.59 Å². The van der Waals surface area contributed by atoms with E-state index in [0.29, 0.717) is 65.6 Å². The molecular formula is C31H70N6O14. The number of carbonyl (C=O) groups excluding carboxylic acids is 2. The van der Waals surface area contributed by atoms with E-state index >= 15 is 0 Å². The van der Waals surface area contributed by atoms with Crippen molar-refractivity contribution in [3.63, 3.8) is 0 Å². The molecule has 3 rings (SSSR count). The molecule has 3 aliphatic rings. The third-order valence-corrected chi connectivity index (χ3v) is 7.27. The van der Waals surface area contributed by atoms with Crippen molar-refractivity contribution in [1.29, 1.82) is 0 Å². The summed E-state index contributed by atoms with van der Waals surface area (Å²) in [5, 5.41) is 79.2. The Morgan fingerprint density at radius 1 is 0.490 bits per heavy atom. The second-order valence-electron chi connectivity index (χ2n) is 11.1. The molecule has 3 heterocycles. The first-order valence-electron chi connectivity index (χ1n) is 17.5. The van der Waals surface area contributed by atoms with Gasteiger partial charge < -0.3 is 76.0 Å². The molecular weight excluding hydrogens is 680 g/mol. The topological polar surface area (TPSA) is 294 Å². The lowest BCUT2D eigenvalue weighted by molar-refractivity contribution is 0.0984. The summed E-state index contributed by atoms with van der Waals surface area (Å²) < 4.78 is 9.19. The Morgan fingerprint density at radius 3 is 1.20 bits per heavy atom. The van der Waals surface area contributed by atoms with Crippen molar-refractivity contribution in [2.75, 3.05) is 171 Å². The quantitative estimate of drug-likeness (QED) is 0.0490. The fourth-order valence-corrected chi connectivity index (χ4v) is 4.54. The Morgan fingerprint density at radius 2 is 0.902 bits per heavy atom. The number of amides is 2. The molecule has 3 fully saturated rings. The van der Waals surface area contributed by atoms with Crippen molar-refractivity contribution in [2.45, 2.75) is 19.3 Å². The predicted molar refractivity (Wildman–Crippen MR) is 189 cm³/mol. The summed E-state index contributed by atoms with van der Waals surface area (Å²) in [6.45, 7) is 13.1. The van der Waals surface area contributed by atoms with Crippen LogP contribution in [-0.4, -0.2) is 259 Å². The van der Waals surface area contributed by atoms with Crippen LogP contribution in [0.25, 0.3) is 0 Å². The van der Waals surface area contributed by atoms with Gasteiger partial charge in [-0.15, -0.1) is 0 Å². The summed E-state index contributed by atoms with van der Waals surface area (Å²) in [7, 11) is 0. The molecule has 0 atom stereocenters. The lowest BCUT2D eigenvalue weighted by Crippen LogP contribution is -2.47. The van der Waals surface area contributed by atoms with E-state index < -0.39 is 0 Å². The number of hydrogen-bond donors (Lipinski definition) is 10. The number of aliphatic hydroxyl groups is 9.